The molecule has 1 unspecified atom stereocenters. The number of piperidine rings is 1. The third-order valence-corrected chi connectivity index (χ3v) is 3.89. The van der Waals surface area contributed by atoms with Gasteiger partial charge in [0.25, 0.3) is 0 Å². The molecule has 1 aromatic carbocycles. The van der Waals surface area contributed by atoms with Gasteiger partial charge in [-0.25, -0.2) is 0 Å². The van der Waals surface area contributed by atoms with Gasteiger partial charge >= 0.3 is 0 Å². The highest BCUT2D eigenvalue weighted by molar-refractivity contribution is 5.37. The lowest BCUT2D eigenvalue weighted by Gasteiger charge is -2.35. The highest BCUT2D eigenvalue weighted by Gasteiger charge is 2.20. The van der Waals surface area contributed by atoms with Gasteiger partial charge in [0.2, 0.25) is 0 Å². The summed E-state index contributed by atoms with van der Waals surface area (Å²) in [5, 5.41) is 8.75. The van der Waals surface area contributed by atoms with Crippen molar-refractivity contribution in [3.63, 3.8) is 0 Å². The molecule has 0 amide bonds. The monoisotopic (exact) mass is 272 g/mol. The Morgan fingerprint density at radius 1 is 1.45 bits per heavy atom. The number of likely N-dealkylation sites (N-methyl/N-ethyl adjacent to an activating group) is 2. The Hall–Kier alpha value is -1.34. The maximum atomic E-state index is 8.75. The molecule has 1 heterocycles. The molecular formula is C17H24N2O. The topological polar surface area (TPSA) is 26.7 Å². The van der Waals surface area contributed by atoms with E-state index in [0.29, 0.717) is 6.04 Å². The largest absolute Gasteiger partial charge is 0.384 e. The standard InChI is InChI=1S/C17H24N2O/c1-18-10-4-9-17(14-18)19(2)13-16-7-3-6-15(12-16)8-5-11-20/h3,6-7,12,17,20H,4,9-11,13-14H2,1-2H3. The van der Waals surface area contributed by atoms with E-state index in [-0.39, 0.29) is 6.61 Å². The van der Waals surface area contributed by atoms with Crippen LogP contribution in [0.1, 0.15) is 24.0 Å². The quantitative estimate of drug-likeness (QED) is 0.846. The Morgan fingerprint density at radius 3 is 3.05 bits per heavy atom. The fourth-order valence-electron chi connectivity index (χ4n) is 2.81. The number of hydrogen-bond acceptors (Lipinski definition) is 3. The van der Waals surface area contributed by atoms with Crippen LogP contribution in [-0.4, -0.2) is 54.7 Å². The molecule has 1 aliphatic heterocycles. The summed E-state index contributed by atoms with van der Waals surface area (Å²) in [7, 11) is 4.40. The van der Waals surface area contributed by atoms with Crippen LogP contribution in [0.5, 0.6) is 0 Å². The Morgan fingerprint density at radius 2 is 2.30 bits per heavy atom. The van der Waals surface area contributed by atoms with Gasteiger partial charge in [-0.2, -0.15) is 0 Å². The number of benzene rings is 1. The molecule has 1 saturated heterocycles. The summed E-state index contributed by atoms with van der Waals surface area (Å²) >= 11 is 0. The van der Waals surface area contributed by atoms with Gasteiger partial charge in [-0.1, -0.05) is 24.0 Å². The number of likely N-dealkylation sites (tertiary alicyclic amines) is 1. The molecule has 0 aliphatic carbocycles. The second-order valence-electron chi connectivity index (χ2n) is 5.63. The van der Waals surface area contributed by atoms with Crippen LogP contribution in [0.2, 0.25) is 0 Å². The molecule has 108 valence electrons. The fourth-order valence-corrected chi connectivity index (χ4v) is 2.81. The maximum absolute atomic E-state index is 8.75. The third-order valence-electron chi connectivity index (χ3n) is 3.89. The van der Waals surface area contributed by atoms with Crippen molar-refractivity contribution < 1.29 is 5.11 Å². The Kier molecular flexibility index (Phi) is 5.60. The van der Waals surface area contributed by atoms with Crippen molar-refractivity contribution in [1.82, 2.24) is 9.80 Å². The zero-order valence-electron chi connectivity index (χ0n) is 12.5. The van der Waals surface area contributed by atoms with Crippen molar-refractivity contribution in [1.29, 1.82) is 0 Å². The van der Waals surface area contributed by atoms with Crippen molar-refractivity contribution in [3.05, 3.63) is 35.4 Å². The number of aliphatic hydroxyl groups is 1. The van der Waals surface area contributed by atoms with E-state index in [4.69, 9.17) is 5.11 Å². The highest BCUT2D eigenvalue weighted by Crippen LogP contribution is 2.16. The number of aliphatic hydroxyl groups excluding tert-OH is 1. The molecule has 0 bridgehead atoms. The van der Waals surface area contributed by atoms with Crippen LogP contribution in [0.15, 0.2) is 24.3 Å². The summed E-state index contributed by atoms with van der Waals surface area (Å²) in [5.74, 6) is 5.67. The first-order chi connectivity index (χ1) is 9.69. The van der Waals surface area contributed by atoms with Crippen LogP contribution in [0, 0.1) is 11.8 Å². The zero-order valence-corrected chi connectivity index (χ0v) is 12.5. The molecule has 0 aromatic heterocycles. The molecule has 3 nitrogen and oxygen atoms in total. The van der Waals surface area contributed by atoms with Gasteiger partial charge in [0.15, 0.2) is 0 Å². The van der Waals surface area contributed by atoms with Crippen LogP contribution in [0.3, 0.4) is 0 Å². The van der Waals surface area contributed by atoms with E-state index in [1.807, 2.05) is 12.1 Å². The minimum Gasteiger partial charge on any atom is -0.384 e. The van der Waals surface area contributed by atoms with Gasteiger partial charge < -0.3 is 10.0 Å². The second kappa shape index (κ2) is 7.44. The summed E-state index contributed by atoms with van der Waals surface area (Å²) in [6.45, 7) is 3.24. The predicted octanol–water partition coefficient (Wildman–Crippen LogP) is 1.56. The van der Waals surface area contributed by atoms with E-state index in [0.717, 1.165) is 18.7 Å². The van der Waals surface area contributed by atoms with Crippen molar-refractivity contribution >= 4 is 0 Å². The molecule has 1 fully saturated rings. The smallest absolute Gasteiger partial charge is 0.104 e. The lowest BCUT2D eigenvalue weighted by atomic mass is 10.0. The second-order valence-corrected chi connectivity index (χ2v) is 5.63. The van der Waals surface area contributed by atoms with E-state index in [1.165, 1.54) is 24.9 Å². The molecule has 2 rings (SSSR count). The van der Waals surface area contributed by atoms with E-state index < -0.39 is 0 Å². The Balaban J connectivity index is 1.98. The summed E-state index contributed by atoms with van der Waals surface area (Å²) in [6.07, 6.45) is 2.57. The van der Waals surface area contributed by atoms with Crippen molar-refractivity contribution in [2.24, 2.45) is 0 Å². The highest BCUT2D eigenvalue weighted by atomic mass is 16.2. The molecule has 3 heteroatoms. The van der Waals surface area contributed by atoms with Crippen LogP contribution < -0.4 is 0 Å². The van der Waals surface area contributed by atoms with Crippen molar-refractivity contribution in [3.8, 4) is 11.8 Å². The third kappa shape index (κ3) is 4.35. The first-order valence-electron chi connectivity index (χ1n) is 7.26. The van der Waals surface area contributed by atoms with Gasteiger partial charge in [0, 0.05) is 24.7 Å². The van der Waals surface area contributed by atoms with Crippen molar-refractivity contribution in [2.75, 3.05) is 33.8 Å². The van der Waals surface area contributed by atoms with E-state index in [1.54, 1.807) is 0 Å². The van der Waals surface area contributed by atoms with E-state index >= 15 is 0 Å². The van der Waals surface area contributed by atoms with Gasteiger partial charge in [0.05, 0.1) is 0 Å². The average molecular weight is 272 g/mol. The maximum Gasteiger partial charge on any atom is 0.104 e. The first-order valence-corrected chi connectivity index (χ1v) is 7.26. The molecule has 0 radical (unpaired) electrons. The molecule has 1 aromatic rings. The molecule has 1 atom stereocenters. The SMILES string of the molecule is CN1CCCC(N(C)Cc2cccc(C#CCO)c2)C1. The summed E-state index contributed by atoms with van der Waals surface area (Å²) in [6, 6.07) is 8.93. The van der Waals surface area contributed by atoms with Gasteiger partial charge in [-0.05, 0) is 51.2 Å². The molecule has 0 spiro atoms. The summed E-state index contributed by atoms with van der Waals surface area (Å²) in [5.41, 5.74) is 2.26. The van der Waals surface area contributed by atoms with Crippen molar-refractivity contribution in [2.45, 2.75) is 25.4 Å². The summed E-state index contributed by atoms with van der Waals surface area (Å²) in [4.78, 5) is 4.85. The number of nitrogens with zero attached hydrogens (tertiary/aromatic N) is 2. The first kappa shape index (κ1) is 15.1. The van der Waals surface area contributed by atoms with Gasteiger partial charge in [0.1, 0.15) is 6.61 Å². The lowest BCUT2D eigenvalue weighted by Crippen LogP contribution is -2.44. The molecule has 1 N–H and O–H groups in total. The molecule has 1 aliphatic rings. The average Bonchev–Trinajstić information content (AvgIpc) is 2.45. The van der Waals surface area contributed by atoms with E-state index in [2.05, 4.69) is 47.9 Å². The van der Waals surface area contributed by atoms with Gasteiger partial charge in [-0.15, -0.1) is 0 Å². The summed E-state index contributed by atoms with van der Waals surface area (Å²) < 4.78 is 0. The Bertz CT molecular complexity index is 489. The van der Waals surface area contributed by atoms with Crippen LogP contribution >= 0.6 is 0 Å². The molecular weight excluding hydrogens is 248 g/mol. The van der Waals surface area contributed by atoms with Gasteiger partial charge in [-0.3, -0.25) is 4.90 Å². The lowest BCUT2D eigenvalue weighted by molar-refractivity contribution is 0.129. The number of rotatable bonds is 3. The molecule has 0 saturated carbocycles. The zero-order chi connectivity index (χ0) is 14.4. The van der Waals surface area contributed by atoms with Crippen LogP contribution in [0.25, 0.3) is 0 Å². The fraction of sp³-hybridized carbons (Fsp3) is 0.529. The van der Waals surface area contributed by atoms with Crippen LogP contribution in [0.4, 0.5) is 0 Å². The minimum absolute atomic E-state index is 0.0848. The Labute approximate surface area is 122 Å². The minimum atomic E-state index is -0.0848. The predicted molar refractivity (Wildman–Crippen MR) is 82.4 cm³/mol. The van der Waals surface area contributed by atoms with E-state index in [9.17, 15) is 0 Å². The van der Waals surface area contributed by atoms with Crippen LogP contribution in [-0.2, 0) is 6.54 Å². The number of hydrogen-bond donors (Lipinski definition) is 1. The molecule has 20 heavy (non-hydrogen) atoms. The normalized spacial score (nSPS) is 19.7.